The third kappa shape index (κ3) is 3.89. The van der Waals surface area contributed by atoms with Crippen LogP contribution in [-0.4, -0.2) is 50.3 Å². The Kier molecular flexibility index (Phi) is 5.78. The van der Waals surface area contributed by atoms with E-state index >= 15 is 0 Å². The lowest BCUT2D eigenvalue weighted by Crippen LogP contribution is -2.12. The molecular weight excluding hydrogens is 426 g/mol. The van der Waals surface area contributed by atoms with Crippen molar-refractivity contribution in [1.82, 2.24) is 9.97 Å². The van der Waals surface area contributed by atoms with Gasteiger partial charge in [0.25, 0.3) is 5.91 Å². The van der Waals surface area contributed by atoms with Gasteiger partial charge in [0, 0.05) is 27.5 Å². The minimum atomic E-state index is -0.513. The number of hydrogen-bond donors (Lipinski definition) is 2. The second kappa shape index (κ2) is 8.70. The van der Waals surface area contributed by atoms with Crippen LogP contribution < -0.4 is 19.5 Å². The zero-order valence-electron chi connectivity index (χ0n) is 18.9. The first kappa shape index (κ1) is 21.9. The van der Waals surface area contributed by atoms with Crippen LogP contribution in [0.1, 0.15) is 26.5 Å². The lowest BCUT2D eigenvalue weighted by atomic mass is 10.1. The van der Waals surface area contributed by atoms with E-state index in [-0.39, 0.29) is 11.6 Å². The van der Waals surface area contributed by atoms with Crippen molar-refractivity contribution in [2.24, 2.45) is 0 Å². The van der Waals surface area contributed by atoms with Crippen molar-refractivity contribution in [2.45, 2.75) is 6.92 Å². The smallest absolute Gasteiger partial charge is 0.356 e. The van der Waals surface area contributed by atoms with Crippen molar-refractivity contribution in [1.29, 1.82) is 0 Å². The summed E-state index contributed by atoms with van der Waals surface area (Å²) in [5.41, 5.74) is 3.48. The molecule has 170 valence electrons. The minimum Gasteiger partial charge on any atom is -0.493 e. The van der Waals surface area contributed by atoms with E-state index in [1.165, 1.54) is 28.4 Å². The van der Waals surface area contributed by atoms with Gasteiger partial charge in [-0.2, -0.15) is 0 Å². The maximum atomic E-state index is 13.0. The van der Waals surface area contributed by atoms with Crippen molar-refractivity contribution in [3.8, 4) is 17.2 Å². The van der Waals surface area contributed by atoms with E-state index in [0.717, 1.165) is 21.8 Å². The molecule has 0 saturated carbocycles. The number of pyridine rings is 1. The van der Waals surface area contributed by atoms with Crippen LogP contribution in [0.4, 0.5) is 5.69 Å². The van der Waals surface area contributed by atoms with Crippen LogP contribution in [-0.2, 0) is 4.74 Å². The highest BCUT2D eigenvalue weighted by molar-refractivity contribution is 6.12. The number of fused-ring (bicyclic) bond motifs is 3. The molecule has 2 aromatic heterocycles. The number of H-pyrrole nitrogens is 1. The fraction of sp³-hybridized carbons (Fsp3) is 0.208. The fourth-order valence-electron chi connectivity index (χ4n) is 3.76. The Morgan fingerprint density at radius 2 is 1.61 bits per heavy atom. The molecule has 0 aliphatic carbocycles. The van der Waals surface area contributed by atoms with Gasteiger partial charge < -0.3 is 29.2 Å². The number of anilines is 1. The second-order valence-electron chi connectivity index (χ2n) is 7.26. The second-order valence-corrected chi connectivity index (χ2v) is 7.26. The number of nitrogens with zero attached hydrogens (tertiary/aromatic N) is 1. The van der Waals surface area contributed by atoms with Crippen LogP contribution in [0.5, 0.6) is 17.2 Å². The zero-order valence-corrected chi connectivity index (χ0v) is 18.9. The summed E-state index contributed by atoms with van der Waals surface area (Å²) < 4.78 is 20.8. The number of aryl methyl sites for hydroxylation is 1. The third-order valence-corrected chi connectivity index (χ3v) is 5.35. The van der Waals surface area contributed by atoms with E-state index in [1.807, 2.05) is 19.1 Å². The Hall–Kier alpha value is -4.27. The Morgan fingerprint density at radius 3 is 2.21 bits per heavy atom. The number of carbonyl (C=O) groups is 2. The molecule has 0 bridgehead atoms. The summed E-state index contributed by atoms with van der Waals surface area (Å²) in [6.45, 7) is 1.82. The molecule has 0 atom stereocenters. The highest BCUT2D eigenvalue weighted by atomic mass is 16.5. The molecule has 0 fully saturated rings. The number of nitrogens with one attached hydrogen (secondary N) is 2. The van der Waals surface area contributed by atoms with Crippen LogP contribution in [0.15, 0.2) is 36.4 Å². The van der Waals surface area contributed by atoms with E-state index in [2.05, 4.69) is 15.3 Å². The maximum absolute atomic E-state index is 13.0. The Balaban J connectivity index is 1.73. The molecule has 9 nitrogen and oxygen atoms in total. The fourth-order valence-corrected chi connectivity index (χ4v) is 3.76. The zero-order chi connectivity index (χ0) is 23.7. The van der Waals surface area contributed by atoms with Crippen molar-refractivity contribution >= 4 is 39.4 Å². The third-order valence-electron chi connectivity index (χ3n) is 5.35. The average Bonchev–Trinajstić information content (AvgIpc) is 3.21. The van der Waals surface area contributed by atoms with E-state index in [4.69, 9.17) is 18.9 Å². The molecule has 0 aliphatic heterocycles. The normalized spacial score (nSPS) is 10.8. The molecule has 2 aromatic carbocycles. The van der Waals surface area contributed by atoms with Crippen molar-refractivity contribution in [3.63, 3.8) is 0 Å². The van der Waals surface area contributed by atoms with Crippen LogP contribution >= 0.6 is 0 Å². The summed E-state index contributed by atoms with van der Waals surface area (Å²) >= 11 is 0. The van der Waals surface area contributed by atoms with Gasteiger partial charge in [-0.05, 0) is 43.3 Å². The molecule has 2 N–H and O–H groups in total. The lowest BCUT2D eigenvalue weighted by molar-refractivity contribution is 0.0594. The van der Waals surface area contributed by atoms with E-state index < -0.39 is 5.97 Å². The molecule has 4 aromatic rings. The Bertz CT molecular complexity index is 1370. The minimum absolute atomic E-state index is 0.218. The number of ether oxygens (including phenoxy) is 4. The Labute approximate surface area is 189 Å². The van der Waals surface area contributed by atoms with E-state index in [9.17, 15) is 9.59 Å². The molecule has 0 aliphatic rings. The first-order valence-corrected chi connectivity index (χ1v) is 10.0. The molecule has 33 heavy (non-hydrogen) atoms. The largest absolute Gasteiger partial charge is 0.493 e. The summed E-state index contributed by atoms with van der Waals surface area (Å²) in [6.07, 6.45) is 0. The highest BCUT2D eigenvalue weighted by Crippen LogP contribution is 2.38. The number of aromatic nitrogens is 2. The van der Waals surface area contributed by atoms with Crippen molar-refractivity contribution in [3.05, 3.63) is 53.3 Å². The van der Waals surface area contributed by atoms with Gasteiger partial charge in [0.05, 0.1) is 39.6 Å². The van der Waals surface area contributed by atoms with Crippen LogP contribution in [0.3, 0.4) is 0 Å². The van der Waals surface area contributed by atoms with Crippen LogP contribution in [0.25, 0.3) is 21.8 Å². The topological polar surface area (TPSA) is 112 Å². The number of benzene rings is 2. The quantitative estimate of drug-likeness (QED) is 0.427. The molecule has 1 amide bonds. The highest BCUT2D eigenvalue weighted by Gasteiger charge is 2.18. The van der Waals surface area contributed by atoms with Gasteiger partial charge in [0.2, 0.25) is 5.75 Å². The maximum Gasteiger partial charge on any atom is 0.356 e. The number of methoxy groups -OCH3 is 4. The van der Waals surface area contributed by atoms with Gasteiger partial charge in [0.15, 0.2) is 11.5 Å². The number of rotatable bonds is 6. The first-order valence-electron chi connectivity index (χ1n) is 10.0. The van der Waals surface area contributed by atoms with E-state index in [1.54, 1.807) is 24.3 Å². The first-order chi connectivity index (χ1) is 15.9. The number of carbonyl (C=O) groups excluding carboxylic acids is 2. The Morgan fingerprint density at radius 1 is 0.909 bits per heavy atom. The summed E-state index contributed by atoms with van der Waals surface area (Å²) in [7, 11) is 5.79. The van der Waals surface area contributed by atoms with Gasteiger partial charge in [0.1, 0.15) is 5.69 Å². The standard InChI is InChI=1S/C24H23N3O6/c1-12-21-16(11-18(25-12)24(29)33-5)15-10-14(6-7-17(15)27-21)26-23(28)13-8-19(30-2)22(32-4)20(9-13)31-3/h6-11,27H,1-5H3,(H,26,28). The molecule has 4 rings (SSSR count). The summed E-state index contributed by atoms with van der Waals surface area (Å²) in [4.78, 5) is 32.6. The van der Waals surface area contributed by atoms with Crippen LogP contribution in [0, 0.1) is 6.92 Å². The lowest BCUT2D eigenvalue weighted by Gasteiger charge is -2.14. The molecule has 9 heteroatoms. The predicted octanol–water partition coefficient (Wildman–Crippen LogP) is 4.09. The summed E-state index contributed by atoms with van der Waals surface area (Å²) in [5.74, 6) is 0.310. The van der Waals surface area contributed by atoms with Gasteiger partial charge in [-0.15, -0.1) is 0 Å². The molecular formula is C24H23N3O6. The number of esters is 1. The summed E-state index contributed by atoms with van der Waals surface area (Å²) in [5, 5.41) is 4.54. The summed E-state index contributed by atoms with van der Waals surface area (Å²) in [6, 6.07) is 10.3. The number of amides is 1. The molecule has 0 radical (unpaired) electrons. The van der Waals surface area contributed by atoms with Gasteiger partial charge in [-0.3, -0.25) is 4.79 Å². The predicted molar refractivity (Wildman–Crippen MR) is 124 cm³/mol. The van der Waals surface area contributed by atoms with E-state index in [0.29, 0.717) is 34.2 Å². The average molecular weight is 449 g/mol. The molecule has 0 spiro atoms. The molecule has 2 heterocycles. The van der Waals surface area contributed by atoms with Gasteiger partial charge in [-0.1, -0.05) is 0 Å². The molecule has 0 unspecified atom stereocenters. The SMILES string of the molecule is COC(=O)c1cc2c([nH]c3ccc(NC(=O)c4cc(OC)c(OC)c(OC)c4)cc32)c(C)n1. The van der Waals surface area contributed by atoms with Crippen molar-refractivity contribution < 1.29 is 28.5 Å². The van der Waals surface area contributed by atoms with Gasteiger partial charge >= 0.3 is 5.97 Å². The van der Waals surface area contributed by atoms with Gasteiger partial charge in [-0.25, -0.2) is 9.78 Å². The number of hydrogen-bond acceptors (Lipinski definition) is 7. The van der Waals surface area contributed by atoms with Crippen molar-refractivity contribution in [2.75, 3.05) is 33.8 Å². The molecule has 0 saturated heterocycles. The monoisotopic (exact) mass is 449 g/mol. The van der Waals surface area contributed by atoms with Crippen LogP contribution in [0.2, 0.25) is 0 Å². The number of aromatic amines is 1.